The van der Waals surface area contributed by atoms with Crippen molar-refractivity contribution in [1.29, 1.82) is 0 Å². The molecule has 2 heterocycles. The number of thioether (sulfide) groups is 1. The third-order valence-corrected chi connectivity index (χ3v) is 6.07. The van der Waals surface area contributed by atoms with Gasteiger partial charge in [0.1, 0.15) is 5.75 Å². The van der Waals surface area contributed by atoms with Crippen LogP contribution >= 0.6 is 11.8 Å². The Morgan fingerprint density at radius 3 is 2.59 bits per heavy atom. The number of carbonyl (C=O) groups is 1. The Morgan fingerprint density at radius 2 is 1.81 bits per heavy atom. The van der Waals surface area contributed by atoms with Gasteiger partial charge in [-0.1, -0.05) is 36.4 Å². The Kier molecular flexibility index (Phi) is 5.56. The molecule has 5 rings (SSSR count). The summed E-state index contributed by atoms with van der Waals surface area (Å²) in [5.74, 6) is 2.09. The van der Waals surface area contributed by atoms with E-state index in [9.17, 15) is 4.79 Å². The van der Waals surface area contributed by atoms with E-state index in [-0.39, 0.29) is 12.7 Å². The number of methoxy groups -OCH3 is 1. The van der Waals surface area contributed by atoms with E-state index in [1.165, 1.54) is 11.8 Å². The lowest BCUT2D eigenvalue weighted by atomic mass is 10.1. The number of carbonyl (C=O) groups excluding carboxylic acids is 1. The van der Waals surface area contributed by atoms with Crippen LogP contribution in [0.5, 0.6) is 17.2 Å². The fourth-order valence-electron chi connectivity index (χ4n) is 3.41. The van der Waals surface area contributed by atoms with E-state index in [2.05, 4.69) is 0 Å². The molecule has 1 amide bonds. The second-order valence-corrected chi connectivity index (χ2v) is 8.20. The lowest BCUT2D eigenvalue weighted by Gasteiger charge is -2.16. The summed E-state index contributed by atoms with van der Waals surface area (Å²) in [5, 5.41) is 0.643. The normalized spacial score (nSPS) is 17.4. The first-order valence-corrected chi connectivity index (χ1v) is 10.9. The molecule has 0 aliphatic carbocycles. The van der Waals surface area contributed by atoms with E-state index >= 15 is 0 Å². The first kappa shape index (κ1) is 20.2. The first-order chi connectivity index (χ1) is 15.7. The van der Waals surface area contributed by atoms with E-state index < -0.39 is 0 Å². The molecule has 7 heteroatoms. The van der Waals surface area contributed by atoms with Gasteiger partial charge in [0.2, 0.25) is 6.79 Å². The van der Waals surface area contributed by atoms with Crippen LogP contribution in [0.15, 0.2) is 82.7 Å². The summed E-state index contributed by atoms with van der Waals surface area (Å²) >= 11 is 1.37. The molecular weight excluding hydrogens is 424 g/mol. The highest BCUT2D eigenvalue weighted by Crippen LogP contribution is 2.37. The van der Waals surface area contributed by atoms with Crippen LogP contribution in [-0.4, -0.2) is 29.9 Å². The monoisotopic (exact) mass is 444 g/mol. The second kappa shape index (κ2) is 8.80. The Morgan fingerprint density at radius 1 is 1.03 bits per heavy atom. The number of benzene rings is 3. The van der Waals surface area contributed by atoms with Gasteiger partial charge in [0.25, 0.3) is 5.91 Å². The Bertz CT molecular complexity index is 1210. The molecular formula is C25H20N2O4S. The zero-order valence-corrected chi connectivity index (χ0v) is 18.2. The van der Waals surface area contributed by atoms with Gasteiger partial charge in [-0.2, -0.15) is 0 Å². The van der Waals surface area contributed by atoms with Crippen LogP contribution in [0.2, 0.25) is 0 Å². The summed E-state index contributed by atoms with van der Waals surface area (Å²) < 4.78 is 16.1. The van der Waals surface area contributed by atoms with E-state index in [0.29, 0.717) is 28.1 Å². The molecule has 0 spiro atoms. The maximum absolute atomic E-state index is 13.3. The van der Waals surface area contributed by atoms with Gasteiger partial charge in [0.15, 0.2) is 16.7 Å². The highest BCUT2D eigenvalue weighted by Gasteiger charge is 2.33. The van der Waals surface area contributed by atoms with E-state index in [0.717, 1.165) is 22.6 Å². The standard InChI is InChI=1S/C25H20N2O4S/c1-29-20-10-7-17(8-11-20)15-27-24(28)23(32-25(27)26-19-5-3-2-4-6-19)14-18-9-12-21-22(13-18)31-16-30-21/h2-14H,15-16H2,1H3/b23-14-,26-25?. The van der Waals surface area contributed by atoms with Gasteiger partial charge < -0.3 is 14.2 Å². The molecule has 2 aliphatic heterocycles. The fourth-order valence-corrected chi connectivity index (χ4v) is 4.41. The molecule has 0 bridgehead atoms. The molecule has 2 aliphatic rings. The lowest BCUT2D eigenvalue weighted by Crippen LogP contribution is -2.28. The van der Waals surface area contributed by atoms with Gasteiger partial charge in [-0.25, -0.2) is 4.99 Å². The minimum Gasteiger partial charge on any atom is -0.497 e. The molecule has 160 valence electrons. The molecule has 0 unspecified atom stereocenters. The number of hydrogen-bond donors (Lipinski definition) is 0. The number of aliphatic imine (C=N–C) groups is 1. The van der Waals surface area contributed by atoms with Crippen molar-refractivity contribution in [3.05, 3.63) is 88.8 Å². The summed E-state index contributed by atoms with van der Waals surface area (Å²) in [6.07, 6.45) is 1.86. The van der Waals surface area contributed by atoms with Crippen LogP contribution in [0.4, 0.5) is 5.69 Å². The highest BCUT2D eigenvalue weighted by atomic mass is 32.2. The minimum absolute atomic E-state index is 0.0850. The van der Waals surface area contributed by atoms with E-state index in [1.54, 1.807) is 12.0 Å². The second-order valence-electron chi connectivity index (χ2n) is 7.19. The quantitative estimate of drug-likeness (QED) is 0.505. The fraction of sp³-hybridized carbons (Fsp3) is 0.120. The lowest BCUT2D eigenvalue weighted by molar-refractivity contribution is -0.122. The van der Waals surface area contributed by atoms with Gasteiger partial charge >= 0.3 is 0 Å². The van der Waals surface area contributed by atoms with Crippen molar-refractivity contribution >= 4 is 34.6 Å². The van der Waals surface area contributed by atoms with Crippen LogP contribution in [0.25, 0.3) is 6.08 Å². The Labute approximate surface area is 190 Å². The van der Waals surface area contributed by atoms with Crippen molar-refractivity contribution in [2.75, 3.05) is 13.9 Å². The number of para-hydroxylation sites is 1. The van der Waals surface area contributed by atoms with Crippen LogP contribution < -0.4 is 14.2 Å². The third kappa shape index (κ3) is 4.20. The average molecular weight is 445 g/mol. The number of nitrogens with zero attached hydrogens (tertiary/aromatic N) is 2. The predicted octanol–water partition coefficient (Wildman–Crippen LogP) is 5.23. The number of rotatable bonds is 5. The molecule has 0 radical (unpaired) electrons. The molecule has 1 fully saturated rings. The third-order valence-electron chi connectivity index (χ3n) is 5.06. The van der Waals surface area contributed by atoms with Crippen LogP contribution in [-0.2, 0) is 11.3 Å². The molecule has 1 saturated heterocycles. The highest BCUT2D eigenvalue weighted by molar-refractivity contribution is 8.18. The smallest absolute Gasteiger partial charge is 0.267 e. The average Bonchev–Trinajstić information content (AvgIpc) is 3.40. The maximum atomic E-state index is 13.3. The number of ether oxygens (including phenoxy) is 3. The van der Waals surface area contributed by atoms with Gasteiger partial charge in [-0.05, 0) is 65.4 Å². The van der Waals surface area contributed by atoms with E-state index in [1.807, 2.05) is 78.9 Å². The van der Waals surface area contributed by atoms with Crippen LogP contribution in [0.3, 0.4) is 0 Å². The SMILES string of the molecule is COc1ccc(CN2C(=O)/C(=C/c3ccc4c(c3)OCO4)SC2=Nc2ccccc2)cc1. The summed E-state index contributed by atoms with van der Waals surface area (Å²) in [5.41, 5.74) is 2.66. The first-order valence-electron chi connectivity index (χ1n) is 10.1. The molecule has 32 heavy (non-hydrogen) atoms. The number of hydrogen-bond acceptors (Lipinski definition) is 6. The zero-order chi connectivity index (χ0) is 21.9. The van der Waals surface area contributed by atoms with Gasteiger partial charge in [0, 0.05) is 0 Å². The van der Waals surface area contributed by atoms with Gasteiger partial charge in [-0.3, -0.25) is 9.69 Å². The number of fused-ring (bicyclic) bond motifs is 1. The molecule has 3 aromatic carbocycles. The van der Waals surface area contributed by atoms with Crippen molar-refractivity contribution in [1.82, 2.24) is 4.90 Å². The Hall–Kier alpha value is -3.71. The van der Waals surface area contributed by atoms with Gasteiger partial charge in [0.05, 0.1) is 24.2 Å². The summed E-state index contributed by atoms with van der Waals surface area (Å²) in [4.78, 5) is 20.4. The van der Waals surface area contributed by atoms with Crippen LogP contribution in [0, 0.1) is 0 Å². The van der Waals surface area contributed by atoms with Crippen molar-refractivity contribution in [2.24, 2.45) is 4.99 Å². The largest absolute Gasteiger partial charge is 0.497 e. The molecule has 6 nitrogen and oxygen atoms in total. The summed E-state index contributed by atoms with van der Waals surface area (Å²) in [6, 6.07) is 23.0. The van der Waals surface area contributed by atoms with Crippen molar-refractivity contribution in [2.45, 2.75) is 6.54 Å². The predicted molar refractivity (Wildman–Crippen MR) is 125 cm³/mol. The van der Waals surface area contributed by atoms with Crippen molar-refractivity contribution < 1.29 is 19.0 Å². The van der Waals surface area contributed by atoms with Crippen molar-refractivity contribution in [3.8, 4) is 17.2 Å². The summed E-state index contributed by atoms with van der Waals surface area (Å²) in [6.45, 7) is 0.631. The number of amidine groups is 1. The van der Waals surface area contributed by atoms with Crippen molar-refractivity contribution in [3.63, 3.8) is 0 Å². The Balaban J connectivity index is 1.47. The van der Waals surface area contributed by atoms with Crippen LogP contribution in [0.1, 0.15) is 11.1 Å². The molecule has 0 saturated carbocycles. The van der Waals surface area contributed by atoms with E-state index in [4.69, 9.17) is 19.2 Å². The number of amides is 1. The topological polar surface area (TPSA) is 60.4 Å². The molecule has 0 aromatic heterocycles. The molecule has 3 aromatic rings. The zero-order valence-electron chi connectivity index (χ0n) is 17.4. The molecule has 0 N–H and O–H groups in total. The van der Waals surface area contributed by atoms with Gasteiger partial charge in [-0.15, -0.1) is 0 Å². The summed E-state index contributed by atoms with van der Waals surface area (Å²) in [7, 11) is 1.63. The maximum Gasteiger partial charge on any atom is 0.267 e. The molecule has 0 atom stereocenters. The minimum atomic E-state index is -0.0850.